The summed E-state index contributed by atoms with van der Waals surface area (Å²) in [6, 6.07) is 3.41. The lowest BCUT2D eigenvalue weighted by Gasteiger charge is -2.09. The lowest BCUT2D eigenvalue weighted by Crippen LogP contribution is -2.08. The highest BCUT2D eigenvalue weighted by Crippen LogP contribution is 2.35. The van der Waals surface area contributed by atoms with E-state index in [-0.39, 0.29) is 10.6 Å². The Morgan fingerprint density at radius 1 is 1.39 bits per heavy atom. The molecule has 2 aromatic rings. The second-order valence-electron chi connectivity index (χ2n) is 4.41. The third-order valence-corrected chi connectivity index (χ3v) is 4.04. The Kier molecular flexibility index (Phi) is 5.38. The summed E-state index contributed by atoms with van der Waals surface area (Å²) in [5, 5.41) is 10.8. The molecule has 1 amide bonds. The number of anilines is 1. The van der Waals surface area contributed by atoms with Gasteiger partial charge in [0.1, 0.15) is 5.01 Å². The molecule has 0 radical (unpaired) electrons. The Balaban J connectivity index is 2.09. The Hall–Kier alpha value is -1.93. The zero-order valence-electron chi connectivity index (χ0n) is 11.8. The number of hydrogen-bond acceptors (Lipinski definition) is 4. The van der Waals surface area contributed by atoms with Gasteiger partial charge >= 0.3 is 6.18 Å². The standard InChI is InChI=1S/C14H11ClF3N3OS/c1-2-12-20-21-13(23-12)19-11(22)6-4-8-3-5-10(15)9(7-8)14(16,17)18/h3-7H,2H2,1H3,(H,19,21,22)/b6-4+. The van der Waals surface area contributed by atoms with Crippen molar-refractivity contribution in [2.75, 3.05) is 5.32 Å². The molecule has 0 aliphatic heterocycles. The number of amides is 1. The lowest BCUT2D eigenvalue weighted by atomic mass is 10.1. The van der Waals surface area contributed by atoms with E-state index in [9.17, 15) is 18.0 Å². The number of aromatic nitrogens is 2. The normalized spacial score (nSPS) is 11.9. The van der Waals surface area contributed by atoms with Crippen LogP contribution < -0.4 is 5.32 Å². The van der Waals surface area contributed by atoms with Gasteiger partial charge in [-0.25, -0.2) is 0 Å². The van der Waals surface area contributed by atoms with Gasteiger partial charge in [0.05, 0.1) is 10.6 Å². The quantitative estimate of drug-likeness (QED) is 0.820. The molecule has 0 spiro atoms. The summed E-state index contributed by atoms with van der Waals surface area (Å²) in [4.78, 5) is 11.7. The maximum Gasteiger partial charge on any atom is 0.417 e. The Labute approximate surface area is 139 Å². The highest BCUT2D eigenvalue weighted by Gasteiger charge is 2.33. The van der Waals surface area contributed by atoms with Crippen molar-refractivity contribution >= 4 is 40.1 Å². The maximum absolute atomic E-state index is 12.7. The monoisotopic (exact) mass is 361 g/mol. The molecule has 122 valence electrons. The minimum Gasteiger partial charge on any atom is -0.297 e. The molecule has 23 heavy (non-hydrogen) atoms. The molecule has 0 saturated carbocycles. The van der Waals surface area contributed by atoms with Gasteiger partial charge < -0.3 is 0 Å². The summed E-state index contributed by atoms with van der Waals surface area (Å²) >= 11 is 6.77. The Bertz CT molecular complexity index is 743. The molecule has 1 N–H and O–H groups in total. The zero-order chi connectivity index (χ0) is 17.0. The summed E-state index contributed by atoms with van der Waals surface area (Å²) < 4.78 is 38.2. The minimum absolute atomic E-state index is 0.211. The number of carbonyl (C=O) groups excluding carboxylic acids is 1. The van der Waals surface area contributed by atoms with Crippen LogP contribution in [0.2, 0.25) is 5.02 Å². The average molecular weight is 362 g/mol. The number of carbonyl (C=O) groups is 1. The lowest BCUT2D eigenvalue weighted by molar-refractivity contribution is -0.137. The van der Waals surface area contributed by atoms with Crippen molar-refractivity contribution in [1.82, 2.24) is 10.2 Å². The number of aryl methyl sites for hydroxylation is 1. The van der Waals surface area contributed by atoms with Gasteiger partial charge in [0.15, 0.2) is 0 Å². The molecule has 1 heterocycles. The summed E-state index contributed by atoms with van der Waals surface area (Å²) in [6.45, 7) is 1.91. The van der Waals surface area contributed by atoms with E-state index in [4.69, 9.17) is 11.6 Å². The van der Waals surface area contributed by atoms with Gasteiger partial charge in [-0.3, -0.25) is 10.1 Å². The molecule has 1 aromatic carbocycles. The van der Waals surface area contributed by atoms with E-state index in [1.807, 2.05) is 6.92 Å². The zero-order valence-corrected chi connectivity index (χ0v) is 13.4. The fourth-order valence-electron chi connectivity index (χ4n) is 1.63. The third kappa shape index (κ3) is 4.77. The predicted octanol–water partition coefficient (Wildman–Crippen LogP) is 4.42. The highest BCUT2D eigenvalue weighted by atomic mass is 35.5. The number of hydrogen-bond donors (Lipinski definition) is 1. The van der Waals surface area contributed by atoms with Crippen molar-refractivity contribution in [3.05, 3.63) is 45.4 Å². The first-order valence-corrected chi connectivity index (χ1v) is 7.67. The molecule has 9 heteroatoms. The van der Waals surface area contributed by atoms with Crippen LogP contribution in [0.4, 0.5) is 18.3 Å². The molecular formula is C14H11ClF3N3OS. The highest BCUT2D eigenvalue weighted by molar-refractivity contribution is 7.15. The Morgan fingerprint density at radius 2 is 2.13 bits per heavy atom. The molecule has 0 atom stereocenters. The first-order valence-electron chi connectivity index (χ1n) is 6.47. The molecule has 0 aliphatic rings. The summed E-state index contributed by atoms with van der Waals surface area (Å²) in [7, 11) is 0. The first kappa shape index (κ1) is 17.4. The summed E-state index contributed by atoms with van der Waals surface area (Å²) in [5.41, 5.74) is -0.734. The fourth-order valence-corrected chi connectivity index (χ4v) is 2.54. The van der Waals surface area contributed by atoms with Crippen molar-refractivity contribution in [3.63, 3.8) is 0 Å². The van der Waals surface area contributed by atoms with Gasteiger partial charge in [0.25, 0.3) is 0 Å². The van der Waals surface area contributed by atoms with E-state index in [1.54, 1.807) is 0 Å². The number of benzene rings is 1. The van der Waals surface area contributed by atoms with E-state index < -0.39 is 17.6 Å². The van der Waals surface area contributed by atoms with Gasteiger partial charge in [-0.05, 0) is 30.2 Å². The predicted molar refractivity (Wildman–Crippen MR) is 83.4 cm³/mol. The fraction of sp³-hybridized carbons (Fsp3) is 0.214. The third-order valence-electron chi connectivity index (χ3n) is 2.72. The molecular weight excluding hydrogens is 351 g/mol. The molecule has 0 bridgehead atoms. The SMILES string of the molecule is CCc1nnc(NC(=O)/C=C/c2ccc(Cl)c(C(F)(F)F)c2)s1. The summed E-state index contributed by atoms with van der Waals surface area (Å²) in [5.74, 6) is -0.507. The van der Waals surface area contributed by atoms with Crippen LogP contribution in [-0.2, 0) is 17.4 Å². The largest absolute Gasteiger partial charge is 0.417 e. The van der Waals surface area contributed by atoms with Crippen LogP contribution in [0, 0.1) is 0 Å². The summed E-state index contributed by atoms with van der Waals surface area (Å²) in [6.07, 6.45) is -1.46. The molecule has 0 aliphatic carbocycles. The van der Waals surface area contributed by atoms with E-state index in [1.165, 1.54) is 23.5 Å². The van der Waals surface area contributed by atoms with Crippen LogP contribution in [0.25, 0.3) is 6.08 Å². The van der Waals surface area contributed by atoms with Crippen molar-refractivity contribution in [3.8, 4) is 0 Å². The number of rotatable bonds is 4. The molecule has 0 unspecified atom stereocenters. The van der Waals surface area contributed by atoms with E-state index >= 15 is 0 Å². The van der Waals surface area contributed by atoms with E-state index in [2.05, 4.69) is 15.5 Å². The number of nitrogens with zero attached hydrogens (tertiary/aromatic N) is 2. The topological polar surface area (TPSA) is 54.9 Å². The van der Waals surface area contributed by atoms with Crippen molar-refractivity contribution in [2.24, 2.45) is 0 Å². The smallest absolute Gasteiger partial charge is 0.297 e. The molecule has 1 aromatic heterocycles. The molecule has 0 saturated heterocycles. The van der Waals surface area contributed by atoms with Crippen LogP contribution in [-0.4, -0.2) is 16.1 Å². The van der Waals surface area contributed by atoms with Crippen LogP contribution in [0.3, 0.4) is 0 Å². The van der Waals surface area contributed by atoms with Crippen LogP contribution >= 0.6 is 22.9 Å². The second kappa shape index (κ2) is 7.10. The van der Waals surface area contributed by atoms with Gasteiger partial charge in [-0.15, -0.1) is 10.2 Å². The van der Waals surface area contributed by atoms with Crippen LogP contribution in [0.15, 0.2) is 24.3 Å². The van der Waals surface area contributed by atoms with Gasteiger partial charge in [0.2, 0.25) is 11.0 Å². The van der Waals surface area contributed by atoms with Gasteiger partial charge in [-0.2, -0.15) is 13.2 Å². The molecule has 2 rings (SSSR count). The number of alkyl halides is 3. The number of nitrogens with one attached hydrogen (secondary N) is 1. The molecule has 0 fully saturated rings. The van der Waals surface area contributed by atoms with Crippen molar-refractivity contribution < 1.29 is 18.0 Å². The van der Waals surface area contributed by atoms with Gasteiger partial charge in [-0.1, -0.05) is 35.9 Å². The van der Waals surface area contributed by atoms with Crippen LogP contribution in [0.1, 0.15) is 23.1 Å². The van der Waals surface area contributed by atoms with E-state index in [0.717, 1.165) is 23.2 Å². The van der Waals surface area contributed by atoms with E-state index in [0.29, 0.717) is 11.6 Å². The molecule has 4 nitrogen and oxygen atoms in total. The Morgan fingerprint density at radius 3 is 2.74 bits per heavy atom. The maximum atomic E-state index is 12.7. The minimum atomic E-state index is -4.55. The average Bonchev–Trinajstić information content (AvgIpc) is 2.92. The van der Waals surface area contributed by atoms with Crippen molar-refractivity contribution in [2.45, 2.75) is 19.5 Å². The van der Waals surface area contributed by atoms with Crippen LogP contribution in [0.5, 0.6) is 0 Å². The number of halogens is 4. The second-order valence-corrected chi connectivity index (χ2v) is 5.88. The van der Waals surface area contributed by atoms with Gasteiger partial charge in [0, 0.05) is 6.08 Å². The first-order chi connectivity index (χ1) is 10.8. The van der Waals surface area contributed by atoms with Crippen molar-refractivity contribution in [1.29, 1.82) is 0 Å².